The Labute approximate surface area is 534 Å². The number of nitrogens with one attached hydrogen (secondary N) is 1. The first-order valence-electron chi connectivity index (χ1n) is 32.5. The van der Waals surface area contributed by atoms with Gasteiger partial charge in [-0.1, -0.05) is 104 Å². The quantitative estimate of drug-likeness (QED) is 0.151. The number of rotatable bonds is 17. The molecule has 1 fully saturated rings. The summed E-state index contributed by atoms with van der Waals surface area (Å²) in [6.45, 7) is 30.0. The van der Waals surface area contributed by atoms with E-state index in [1.54, 1.807) is 48.5 Å². The summed E-state index contributed by atoms with van der Waals surface area (Å²) >= 11 is 0. The highest BCUT2D eigenvalue weighted by Gasteiger charge is 2.46. The van der Waals surface area contributed by atoms with Crippen molar-refractivity contribution in [1.82, 2.24) is 39.6 Å². The molecule has 1 aliphatic rings. The number of ketones is 3. The van der Waals surface area contributed by atoms with Gasteiger partial charge in [0.25, 0.3) is 0 Å². The average molecular weight is 1260 g/mol. The molecule has 1 aliphatic heterocycles. The van der Waals surface area contributed by atoms with Gasteiger partial charge >= 0.3 is 5.97 Å². The number of carbonyl (C=O) groups excluding carboxylic acids is 12. The van der Waals surface area contributed by atoms with E-state index in [4.69, 9.17) is 4.74 Å². The number of carbonyl (C=O) groups is 12. The third-order valence-corrected chi connectivity index (χ3v) is 18.1. The number of aliphatic hydroxyl groups excluding tert-OH is 1. The van der Waals surface area contributed by atoms with Crippen LogP contribution in [0.5, 0.6) is 0 Å². The standard InChI is InChI=1S/C67H118N8O14/c1-26-47-35-55(78)58(59(80)43(14)28-27-29-56(79)89-25)75(24)67(88)57(42(12)13)74(23)66(87)52(33-40(8)9)73(22)65(86)51(32-39(6)7)72(21)61(82)45(16)68-60(81)44(15)34-53(76)49(30-37(2)3)71(20)64(85)48(41(10)11)36-54(77)50(31-38(4)5)70(19)62(83)46(17)69(18)63(47)84/h37-52,57-59,80H,26-36H2,1-25H3,(H,68,81)/t43-,44+,45+,46-,47+,48-,49-,50+,51-,52-,57-,58+,59-/m1/s1. The Kier molecular flexibility index (Phi) is 33.7. The fourth-order valence-corrected chi connectivity index (χ4v) is 12.1. The second-order valence-corrected chi connectivity index (χ2v) is 28.1. The molecule has 0 aliphatic carbocycles. The van der Waals surface area contributed by atoms with Gasteiger partial charge in [-0.15, -0.1) is 0 Å². The molecule has 22 heteroatoms. The molecule has 0 spiro atoms. The lowest BCUT2D eigenvalue weighted by Gasteiger charge is -2.41. The van der Waals surface area contributed by atoms with Gasteiger partial charge in [0.15, 0.2) is 17.3 Å². The van der Waals surface area contributed by atoms with Gasteiger partial charge in [0, 0.05) is 92.8 Å². The minimum atomic E-state index is -1.59. The zero-order chi connectivity index (χ0) is 69.1. The van der Waals surface area contributed by atoms with Crippen LogP contribution in [0.1, 0.15) is 188 Å². The molecule has 89 heavy (non-hydrogen) atoms. The number of aliphatic hydroxyl groups is 1. The Hall–Kier alpha value is -5.80. The van der Waals surface area contributed by atoms with Crippen molar-refractivity contribution in [3.8, 4) is 0 Å². The minimum absolute atomic E-state index is 0.0222. The molecule has 0 aromatic rings. The molecule has 1 saturated heterocycles. The van der Waals surface area contributed by atoms with Crippen molar-refractivity contribution in [2.24, 2.45) is 59.2 Å². The Morgan fingerprint density at radius 1 is 0.494 bits per heavy atom. The monoisotopic (exact) mass is 1260 g/mol. The van der Waals surface area contributed by atoms with Gasteiger partial charge in [0.05, 0.1) is 25.3 Å². The summed E-state index contributed by atoms with van der Waals surface area (Å²) in [6.07, 6.45) is -1.22. The highest BCUT2D eigenvalue weighted by atomic mass is 16.5. The fourth-order valence-electron chi connectivity index (χ4n) is 12.1. The molecule has 0 saturated carbocycles. The second kappa shape index (κ2) is 36.9. The highest BCUT2D eigenvalue weighted by Crippen LogP contribution is 2.30. The lowest BCUT2D eigenvalue weighted by molar-refractivity contribution is -0.157. The van der Waals surface area contributed by atoms with Crippen molar-refractivity contribution >= 4 is 70.6 Å². The number of likely N-dealkylation sites (N-methyl/N-ethyl adjacent to an activating group) is 7. The van der Waals surface area contributed by atoms with Gasteiger partial charge < -0.3 is 49.5 Å². The minimum Gasteiger partial charge on any atom is -0.469 e. The maximum atomic E-state index is 15.3. The molecule has 0 aromatic heterocycles. The van der Waals surface area contributed by atoms with Gasteiger partial charge in [-0.25, -0.2) is 0 Å². The van der Waals surface area contributed by atoms with E-state index in [9.17, 15) is 43.5 Å². The maximum absolute atomic E-state index is 15.3. The summed E-state index contributed by atoms with van der Waals surface area (Å²) in [5.41, 5.74) is 0. The number of hydrogen-bond donors (Lipinski definition) is 2. The highest BCUT2D eigenvalue weighted by molar-refractivity contribution is 6.00. The Balaban J connectivity index is 4.40. The second-order valence-electron chi connectivity index (χ2n) is 28.1. The van der Waals surface area contributed by atoms with Crippen LogP contribution in [0.15, 0.2) is 0 Å². The zero-order valence-corrected chi connectivity index (χ0v) is 59.1. The number of hydrogen-bond acceptors (Lipinski definition) is 14. The molecule has 0 radical (unpaired) electrons. The molecule has 0 bridgehead atoms. The predicted molar refractivity (Wildman–Crippen MR) is 343 cm³/mol. The fraction of sp³-hybridized carbons (Fsp3) is 0.821. The van der Waals surface area contributed by atoms with Crippen LogP contribution in [0.2, 0.25) is 0 Å². The molecule has 1 heterocycles. The van der Waals surface area contributed by atoms with Gasteiger partial charge in [-0.2, -0.15) is 0 Å². The van der Waals surface area contributed by atoms with Crippen molar-refractivity contribution in [2.75, 3.05) is 56.4 Å². The molecular formula is C67H118N8O14. The first kappa shape index (κ1) is 81.2. The Bertz CT molecular complexity index is 2430. The normalized spacial score (nSPS) is 27.2. The lowest BCUT2D eigenvalue weighted by Crippen LogP contribution is -2.61. The van der Waals surface area contributed by atoms with Crippen molar-refractivity contribution in [2.45, 2.75) is 243 Å². The number of esters is 1. The topological polar surface area (TPSA) is 269 Å². The average Bonchev–Trinajstić information content (AvgIpc) is 0.956. The van der Waals surface area contributed by atoms with Crippen LogP contribution in [-0.2, 0) is 62.3 Å². The SMILES string of the molecule is CC[C@H]1CC(=O)[C@@H]([C@H](O)[C@H](C)CCCC(=O)OC)N(C)C(=O)[C@@H](C(C)C)N(C)C(=O)[C@@H](CC(C)C)N(C)C(=O)[C@@H](CC(C)C)N(C)C(=O)[C@H](C)NC(=O)[C@@H](C)CC(=O)[C@@H](CC(C)C)N(C)C(=O)[C@@H](C(C)C)CC(=O)[C@H](CC(C)C)N(C)C(=O)[C@@H](C)N(C)C1=O. The van der Waals surface area contributed by atoms with Crippen molar-refractivity contribution < 1.29 is 67.4 Å². The predicted octanol–water partition coefficient (Wildman–Crippen LogP) is 6.31. The first-order valence-corrected chi connectivity index (χ1v) is 32.5. The van der Waals surface area contributed by atoms with Crippen LogP contribution >= 0.6 is 0 Å². The zero-order valence-electron chi connectivity index (χ0n) is 59.1. The van der Waals surface area contributed by atoms with Gasteiger partial charge in [0.1, 0.15) is 36.3 Å². The summed E-state index contributed by atoms with van der Waals surface area (Å²) < 4.78 is 4.83. The molecule has 2 N–H and O–H groups in total. The van der Waals surface area contributed by atoms with E-state index in [1.165, 1.54) is 99.7 Å². The Morgan fingerprint density at radius 3 is 1.35 bits per heavy atom. The van der Waals surface area contributed by atoms with Crippen LogP contribution in [0.25, 0.3) is 0 Å². The van der Waals surface area contributed by atoms with E-state index in [-0.39, 0.29) is 87.9 Å². The van der Waals surface area contributed by atoms with E-state index < -0.39 is 167 Å². The summed E-state index contributed by atoms with van der Waals surface area (Å²) in [4.78, 5) is 183. The van der Waals surface area contributed by atoms with E-state index in [0.29, 0.717) is 0 Å². The molecule has 22 nitrogen and oxygen atoms in total. The van der Waals surface area contributed by atoms with Crippen molar-refractivity contribution in [3.63, 3.8) is 0 Å². The molecule has 0 unspecified atom stereocenters. The lowest BCUT2D eigenvalue weighted by atomic mass is 9.84. The van der Waals surface area contributed by atoms with Crippen LogP contribution in [0, 0.1) is 59.2 Å². The van der Waals surface area contributed by atoms with E-state index >= 15 is 19.2 Å². The summed E-state index contributed by atoms with van der Waals surface area (Å²) in [5, 5.41) is 15.0. The third kappa shape index (κ3) is 22.8. The molecule has 1 rings (SSSR count). The molecule has 0 aromatic carbocycles. The van der Waals surface area contributed by atoms with Crippen LogP contribution < -0.4 is 5.32 Å². The maximum Gasteiger partial charge on any atom is 0.305 e. The summed E-state index contributed by atoms with van der Waals surface area (Å²) in [5.74, 6) is -11.9. The van der Waals surface area contributed by atoms with E-state index in [0.717, 1.165) is 4.90 Å². The van der Waals surface area contributed by atoms with E-state index in [2.05, 4.69) is 5.32 Å². The molecule has 8 amide bonds. The number of methoxy groups -OCH3 is 1. The van der Waals surface area contributed by atoms with Gasteiger partial charge in [0.2, 0.25) is 47.3 Å². The van der Waals surface area contributed by atoms with Gasteiger partial charge in [-0.3, -0.25) is 57.5 Å². The number of ether oxygens (including phenoxy) is 1. The molecule has 510 valence electrons. The summed E-state index contributed by atoms with van der Waals surface area (Å²) in [7, 11) is 11.4. The van der Waals surface area contributed by atoms with Crippen molar-refractivity contribution in [1.29, 1.82) is 0 Å². The van der Waals surface area contributed by atoms with Gasteiger partial charge in [-0.05, 0) is 100 Å². The largest absolute Gasteiger partial charge is 0.469 e. The van der Waals surface area contributed by atoms with Crippen LogP contribution in [-0.4, -0.2) is 221 Å². The Morgan fingerprint density at radius 2 is 0.910 bits per heavy atom. The summed E-state index contributed by atoms with van der Waals surface area (Å²) in [6, 6.07) is -9.54. The number of Topliss-reactive ketones (excluding diaryl/α,β-unsaturated/α-hetero) is 3. The van der Waals surface area contributed by atoms with E-state index in [1.807, 2.05) is 55.4 Å². The van der Waals surface area contributed by atoms with Crippen molar-refractivity contribution in [3.05, 3.63) is 0 Å². The first-order chi connectivity index (χ1) is 41.0. The third-order valence-electron chi connectivity index (χ3n) is 18.1. The molecular weight excluding hydrogens is 1140 g/mol. The van der Waals surface area contributed by atoms with Crippen LogP contribution in [0.4, 0.5) is 0 Å². The number of amides is 8. The number of nitrogens with zero attached hydrogens (tertiary/aromatic N) is 7. The molecule has 13 atom stereocenters. The smallest absolute Gasteiger partial charge is 0.305 e. The van der Waals surface area contributed by atoms with Crippen LogP contribution in [0.3, 0.4) is 0 Å².